The van der Waals surface area contributed by atoms with E-state index in [4.69, 9.17) is 0 Å². The van der Waals surface area contributed by atoms with Crippen molar-refractivity contribution in [1.82, 2.24) is 0 Å². The van der Waals surface area contributed by atoms with E-state index in [-0.39, 0.29) is 14.8 Å². The van der Waals surface area contributed by atoms with Crippen molar-refractivity contribution in [3.8, 4) is 0 Å². The number of halogens is 4. The lowest BCUT2D eigenvalue weighted by Gasteiger charge is -2.07. The van der Waals surface area contributed by atoms with Gasteiger partial charge in [-0.15, -0.1) is 0 Å². The molecule has 0 radical (unpaired) electrons. The summed E-state index contributed by atoms with van der Waals surface area (Å²) in [6.45, 7) is 3.06. The van der Waals surface area contributed by atoms with E-state index in [2.05, 4.69) is 31.9 Å². The van der Waals surface area contributed by atoms with Crippen molar-refractivity contribution in [2.45, 2.75) is 13.8 Å². The summed E-state index contributed by atoms with van der Waals surface area (Å²) in [5.41, 5.74) is 0.599. The predicted octanol–water partition coefficient (Wildman–Crippen LogP) is 4.11. The van der Waals surface area contributed by atoms with Crippen LogP contribution in [0.25, 0.3) is 0 Å². The number of hydrogen-bond acceptors (Lipinski definition) is 0. The van der Waals surface area contributed by atoms with E-state index < -0.39 is 5.82 Å². The second-order valence-corrected chi connectivity index (χ2v) is 4.09. The predicted molar refractivity (Wildman–Crippen MR) is 51.2 cm³/mol. The van der Waals surface area contributed by atoms with Crippen LogP contribution in [0.1, 0.15) is 11.1 Å². The molecule has 1 rings (SSSR count). The summed E-state index contributed by atoms with van der Waals surface area (Å²) in [6, 6.07) is 0. The Bertz CT molecular complexity index is 229. The highest BCUT2D eigenvalue weighted by Crippen LogP contribution is 2.32. The molecular formula is C8H6Br2F2. The van der Waals surface area contributed by atoms with Gasteiger partial charge in [0, 0.05) is 11.1 Å². The van der Waals surface area contributed by atoms with Gasteiger partial charge in [-0.25, -0.2) is 8.78 Å². The molecule has 0 heterocycles. The fourth-order valence-electron chi connectivity index (χ4n) is 0.900. The summed E-state index contributed by atoms with van der Waals surface area (Å²) in [7, 11) is 0. The highest BCUT2D eigenvalue weighted by molar-refractivity contribution is 9.11. The molecule has 0 aliphatic heterocycles. The monoisotopic (exact) mass is 298 g/mol. The van der Waals surface area contributed by atoms with E-state index in [1.807, 2.05) is 0 Å². The topological polar surface area (TPSA) is 0 Å². The van der Waals surface area contributed by atoms with E-state index in [1.165, 1.54) is 13.8 Å². The standard InChI is InChI=1S/C8H6Br2F2/c1-3-5(9)8(12)6(10)4(2)7(3)11/h1-2H3. The van der Waals surface area contributed by atoms with Crippen LogP contribution in [-0.4, -0.2) is 0 Å². The van der Waals surface area contributed by atoms with Crippen molar-refractivity contribution in [2.24, 2.45) is 0 Å². The minimum atomic E-state index is -0.452. The highest BCUT2D eigenvalue weighted by Gasteiger charge is 2.16. The summed E-state index contributed by atoms with van der Waals surface area (Å²) in [5.74, 6) is -0.832. The van der Waals surface area contributed by atoms with Crippen LogP contribution in [0.3, 0.4) is 0 Å². The van der Waals surface area contributed by atoms with Crippen molar-refractivity contribution in [3.05, 3.63) is 31.7 Å². The van der Waals surface area contributed by atoms with Gasteiger partial charge in [-0.1, -0.05) is 0 Å². The Labute approximate surface area is 86.2 Å². The highest BCUT2D eigenvalue weighted by atomic mass is 79.9. The molecule has 0 bridgehead atoms. The fourth-order valence-corrected chi connectivity index (χ4v) is 1.91. The quantitative estimate of drug-likeness (QED) is 0.500. The first-order valence-electron chi connectivity index (χ1n) is 3.26. The Kier molecular flexibility index (Phi) is 2.88. The summed E-state index contributed by atoms with van der Waals surface area (Å²) in [4.78, 5) is 0. The van der Waals surface area contributed by atoms with Gasteiger partial charge in [-0.3, -0.25) is 0 Å². The van der Waals surface area contributed by atoms with Crippen LogP contribution >= 0.6 is 31.9 Å². The van der Waals surface area contributed by atoms with Crippen LogP contribution in [0, 0.1) is 25.5 Å². The summed E-state index contributed by atoms with van der Waals surface area (Å²) in [5, 5.41) is 0. The Morgan fingerprint density at radius 2 is 1.17 bits per heavy atom. The maximum Gasteiger partial charge on any atom is 0.152 e. The molecule has 66 valence electrons. The van der Waals surface area contributed by atoms with Crippen LogP contribution in [-0.2, 0) is 0 Å². The van der Waals surface area contributed by atoms with Crippen molar-refractivity contribution in [2.75, 3.05) is 0 Å². The van der Waals surface area contributed by atoms with Crippen molar-refractivity contribution < 1.29 is 8.78 Å². The van der Waals surface area contributed by atoms with Gasteiger partial charge in [0.15, 0.2) is 5.82 Å². The van der Waals surface area contributed by atoms with Crippen molar-refractivity contribution in [1.29, 1.82) is 0 Å². The molecule has 1 aromatic rings. The summed E-state index contributed by atoms with van der Waals surface area (Å²) < 4.78 is 26.7. The van der Waals surface area contributed by atoms with Crippen LogP contribution in [0.15, 0.2) is 8.95 Å². The van der Waals surface area contributed by atoms with E-state index in [0.29, 0.717) is 11.1 Å². The number of rotatable bonds is 0. The lowest BCUT2D eigenvalue weighted by atomic mass is 10.1. The zero-order valence-electron chi connectivity index (χ0n) is 6.51. The van der Waals surface area contributed by atoms with E-state index in [0.717, 1.165) is 0 Å². The van der Waals surface area contributed by atoms with E-state index >= 15 is 0 Å². The Balaban J connectivity index is 3.60. The minimum absolute atomic E-state index is 0.178. The third kappa shape index (κ3) is 1.42. The molecule has 0 saturated carbocycles. The third-order valence-electron chi connectivity index (χ3n) is 1.70. The first kappa shape index (κ1) is 10.1. The molecule has 4 heteroatoms. The largest absolute Gasteiger partial charge is 0.206 e. The van der Waals surface area contributed by atoms with Gasteiger partial charge >= 0.3 is 0 Å². The van der Waals surface area contributed by atoms with Gasteiger partial charge in [0.1, 0.15) is 5.82 Å². The first-order valence-corrected chi connectivity index (χ1v) is 4.84. The second-order valence-electron chi connectivity index (χ2n) is 2.51. The molecule has 0 atom stereocenters. The Morgan fingerprint density at radius 3 is 1.50 bits per heavy atom. The zero-order valence-corrected chi connectivity index (χ0v) is 9.68. The third-order valence-corrected chi connectivity index (χ3v) is 3.59. The molecule has 0 amide bonds. The average molecular weight is 300 g/mol. The molecule has 0 aliphatic rings. The zero-order chi connectivity index (χ0) is 9.46. The smallest absolute Gasteiger partial charge is 0.152 e. The average Bonchev–Trinajstić information content (AvgIpc) is 2.08. The minimum Gasteiger partial charge on any atom is -0.206 e. The molecule has 0 aliphatic carbocycles. The van der Waals surface area contributed by atoms with Gasteiger partial charge in [0.25, 0.3) is 0 Å². The summed E-state index contributed by atoms with van der Waals surface area (Å²) >= 11 is 5.94. The lowest BCUT2D eigenvalue weighted by Crippen LogP contribution is -1.95. The van der Waals surface area contributed by atoms with Gasteiger partial charge in [-0.05, 0) is 45.7 Å². The second kappa shape index (κ2) is 3.42. The molecule has 12 heavy (non-hydrogen) atoms. The van der Waals surface area contributed by atoms with Crippen LogP contribution in [0.5, 0.6) is 0 Å². The molecule has 0 aromatic heterocycles. The van der Waals surface area contributed by atoms with Crippen molar-refractivity contribution >= 4 is 31.9 Å². The first-order chi connectivity index (χ1) is 5.46. The van der Waals surface area contributed by atoms with Crippen molar-refractivity contribution in [3.63, 3.8) is 0 Å². The lowest BCUT2D eigenvalue weighted by molar-refractivity contribution is 0.573. The van der Waals surface area contributed by atoms with Crippen LogP contribution < -0.4 is 0 Å². The van der Waals surface area contributed by atoms with Gasteiger partial charge in [-0.2, -0.15) is 0 Å². The Hall–Kier alpha value is 0.0400. The molecule has 0 spiro atoms. The number of benzene rings is 1. The van der Waals surface area contributed by atoms with E-state index in [9.17, 15) is 8.78 Å². The van der Waals surface area contributed by atoms with Crippen LogP contribution in [0.2, 0.25) is 0 Å². The molecule has 0 nitrogen and oxygen atoms in total. The molecule has 0 saturated heterocycles. The Morgan fingerprint density at radius 1 is 0.833 bits per heavy atom. The normalized spacial score (nSPS) is 10.5. The maximum absolute atomic E-state index is 13.2. The molecule has 0 fully saturated rings. The number of hydrogen-bond donors (Lipinski definition) is 0. The summed E-state index contributed by atoms with van der Waals surface area (Å²) in [6.07, 6.45) is 0. The molecule has 0 unspecified atom stereocenters. The SMILES string of the molecule is Cc1c(F)c(C)c(Br)c(F)c1Br. The van der Waals surface area contributed by atoms with Gasteiger partial charge in [0.05, 0.1) is 8.95 Å². The molecule has 0 N–H and O–H groups in total. The fraction of sp³-hybridized carbons (Fsp3) is 0.250. The van der Waals surface area contributed by atoms with Gasteiger partial charge < -0.3 is 0 Å². The molecular weight excluding hydrogens is 294 g/mol. The maximum atomic E-state index is 13.2. The van der Waals surface area contributed by atoms with Crippen LogP contribution in [0.4, 0.5) is 8.78 Å². The van der Waals surface area contributed by atoms with Gasteiger partial charge in [0.2, 0.25) is 0 Å². The van der Waals surface area contributed by atoms with E-state index in [1.54, 1.807) is 0 Å². The molecule has 1 aromatic carbocycles.